The smallest absolute Gasteiger partial charge is 0.243 e. The van der Waals surface area contributed by atoms with Crippen LogP contribution < -0.4 is 5.32 Å². The Morgan fingerprint density at radius 3 is 2.50 bits per heavy atom. The van der Waals surface area contributed by atoms with Crippen LogP contribution in [0, 0.1) is 0 Å². The molecule has 24 heavy (non-hydrogen) atoms. The number of nitrogens with one attached hydrogen (secondary N) is 1. The number of carbonyl (C=O) groups excluding carboxylic acids is 1. The first kappa shape index (κ1) is 23.2. The molecule has 7 heteroatoms. The molecule has 1 N–H and O–H groups in total. The summed E-state index contributed by atoms with van der Waals surface area (Å²) in [5.74, 6) is 0.749. The van der Waals surface area contributed by atoms with Gasteiger partial charge in [0, 0.05) is 38.7 Å². The minimum Gasteiger partial charge on any atom is -0.356 e. The van der Waals surface area contributed by atoms with E-state index in [0.717, 1.165) is 36.4 Å². The summed E-state index contributed by atoms with van der Waals surface area (Å²) in [4.78, 5) is 19.8. The Labute approximate surface area is 171 Å². The lowest BCUT2D eigenvalue weighted by Gasteiger charge is -2.23. The van der Waals surface area contributed by atoms with Crippen molar-refractivity contribution < 1.29 is 4.79 Å². The van der Waals surface area contributed by atoms with Crippen LogP contribution in [-0.2, 0) is 11.3 Å². The number of guanidine groups is 1. The number of amides is 1. The number of unbranched alkanes of at least 4 members (excludes halogenated alkanes) is 1. The lowest BCUT2D eigenvalue weighted by molar-refractivity contribution is -0.127. The molecule has 0 saturated heterocycles. The zero-order valence-corrected chi connectivity index (χ0v) is 18.8. The molecule has 0 aliphatic carbocycles. The minimum atomic E-state index is -0.00548. The number of rotatable bonds is 7. The summed E-state index contributed by atoms with van der Waals surface area (Å²) in [5.41, 5.74) is 1.18. The predicted octanol–water partition coefficient (Wildman–Crippen LogP) is 3.33. The van der Waals surface area contributed by atoms with Crippen LogP contribution in [0.15, 0.2) is 33.7 Å². The molecule has 1 aromatic rings. The van der Waals surface area contributed by atoms with Gasteiger partial charge >= 0.3 is 0 Å². The van der Waals surface area contributed by atoms with Gasteiger partial charge in [-0.3, -0.25) is 4.79 Å². The fourth-order valence-electron chi connectivity index (χ4n) is 1.93. The summed E-state index contributed by atoms with van der Waals surface area (Å²) >= 11 is 3.57. The molecule has 1 rings (SSSR count). The highest BCUT2D eigenvalue weighted by Crippen LogP contribution is 2.17. The van der Waals surface area contributed by atoms with Crippen LogP contribution in [0.4, 0.5) is 0 Å². The summed E-state index contributed by atoms with van der Waals surface area (Å²) in [6.07, 6.45) is 2.19. The third kappa shape index (κ3) is 8.32. The molecule has 0 aliphatic rings. The molecule has 0 aliphatic heterocycles. The molecule has 1 aromatic carbocycles. The van der Waals surface area contributed by atoms with Crippen molar-refractivity contribution in [2.45, 2.75) is 26.3 Å². The Morgan fingerprint density at radius 1 is 1.25 bits per heavy atom. The molecule has 0 unspecified atom stereocenters. The van der Waals surface area contributed by atoms with Crippen LogP contribution in [-0.4, -0.2) is 55.9 Å². The minimum absolute atomic E-state index is 0. The average molecular weight is 511 g/mol. The van der Waals surface area contributed by atoms with Crippen molar-refractivity contribution in [3.8, 4) is 0 Å². The van der Waals surface area contributed by atoms with Gasteiger partial charge in [-0.2, -0.15) is 0 Å². The van der Waals surface area contributed by atoms with Crippen molar-refractivity contribution >= 4 is 51.8 Å². The van der Waals surface area contributed by atoms with E-state index >= 15 is 0 Å². The van der Waals surface area contributed by atoms with Crippen molar-refractivity contribution in [3.63, 3.8) is 0 Å². The lowest BCUT2D eigenvalue weighted by Crippen LogP contribution is -2.40. The van der Waals surface area contributed by atoms with Crippen molar-refractivity contribution in [2.24, 2.45) is 4.99 Å². The van der Waals surface area contributed by atoms with Crippen LogP contribution in [0.5, 0.6) is 0 Å². The number of hydrogen-bond acceptors (Lipinski definition) is 2. The van der Waals surface area contributed by atoms with E-state index in [1.54, 1.807) is 19.0 Å². The van der Waals surface area contributed by atoms with Gasteiger partial charge in [-0.25, -0.2) is 4.99 Å². The average Bonchev–Trinajstić information content (AvgIpc) is 2.52. The number of halogens is 2. The molecule has 0 aromatic heterocycles. The summed E-state index contributed by atoms with van der Waals surface area (Å²) in [5, 5.41) is 3.34. The van der Waals surface area contributed by atoms with Crippen LogP contribution in [0.1, 0.15) is 25.3 Å². The van der Waals surface area contributed by atoms with Crippen LogP contribution in [0.3, 0.4) is 0 Å². The molecular formula is C17H28BrIN4O. The second kappa shape index (κ2) is 12.5. The fraction of sp³-hybridized carbons (Fsp3) is 0.529. The Balaban J connectivity index is 0.00000529. The van der Waals surface area contributed by atoms with Gasteiger partial charge in [0.25, 0.3) is 0 Å². The Kier molecular flexibility index (Phi) is 12.1. The predicted molar refractivity (Wildman–Crippen MR) is 115 cm³/mol. The maximum atomic E-state index is 11.8. The first-order valence-electron chi connectivity index (χ1n) is 7.88. The molecule has 0 atom stereocenters. The van der Waals surface area contributed by atoms with Gasteiger partial charge in [0.1, 0.15) is 6.54 Å². The van der Waals surface area contributed by atoms with Crippen molar-refractivity contribution in [1.29, 1.82) is 0 Å². The van der Waals surface area contributed by atoms with Gasteiger partial charge in [0.05, 0.1) is 0 Å². The van der Waals surface area contributed by atoms with Gasteiger partial charge in [-0.05, 0) is 18.1 Å². The number of aliphatic imine (C=N–C) groups is 1. The second-order valence-corrected chi connectivity index (χ2v) is 6.51. The summed E-state index contributed by atoms with van der Waals surface area (Å²) in [6, 6.07) is 8.12. The SMILES string of the molecule is CCCCNC(=NCC(=O)N(C)C)N(C)Cc1ccccc1Br.I. The largest absolute Gasteiger partial charge is 0.356 e. The molecule has 0 heterocycles. The van der Waals surface area contributed by atoms with E-state index < -0.39 is 0 Å². The molecule has 1 amide bonds. The molecule has 5 nitrogen and oxygen atoms in total. The van der Waals surface area contributed by atoms with E-state index in [-0.39, 0.29) is 36.4 Å². The highest BCUT2D eigenvalue weighted by Gasteiger charge is 2.10. The number of benzene rings is 1. The maximum absolute atomic E-state index is 11.8. The Bertz CT molecular complexity index is 537. The van der Waals surface area contributed by atoms with Crippen molar-refractivity contribution in [3.05, 3.63) is 34.3 Å². The first-order chi connectivity index (χ1) is 11.0. The van der Waals surface area contributed by atoms with E-state index in [2.05, 4.69) is 39.2 Å². The fourth-order valence-corrected chi connectivity index (χ4v) is 2.34. The number of likely N-dealkylation sites (N-methyl/N-ethyl adjacent to an activating group) is 1. The van der Waals surface area contributed by atoms with E-state index in [4.69, 9.17) is 0 Å². The summed E-state index contributed by atoms with van der Waals surface area (Å²) < 4.78 is 1.07. The third-order valence-electron chi connectivity index (χ3n) is 3.40. The maximum Gasteiger partial charge on any atom is 0.243 e. The summed E-state index contributed by atoms with van der Waals surface area (Å²) in [6.45, 7) is 3.88. The quantitative estimate of drug-likeness (QED) is 0.265. The molecule has 0 bridgehead atoms. The molecule has 0 radical (unpaired) electrons. The molecular weight excluding hydrogens is 483 g/mol. The Hall–Kier alpha value is -0.830. The van der Waals surface area contributed by atoms with Gasteiger partial charge < -0.3 is 15.1 Å². The van der Waals surface area contributed by atoms with E-state index in [0.29, 0.717) is 0 Å². The zero-order valence-electron chi connectivity index (χ0n) is 14.9. The number of hydrogen-bond donors (Lipinski definition) is 1. The number of carbonyl (C=O) groups is 1. The van der Waals surface area contributed by atoms with Crippen LogP contribution in [0.2, 0.25) is 0 Å². The molecule has 0 fully saturated rings. The van der Waals surface area contributed by atoms with Crippen molar-refractivity contribution in [1.82, 2.24) is 15.1 Å². The van der Waals surface area contributed by atoms with E-state index in [1.165, 1.54) is 5.56 Å². The van der Waals surface area contributed by atoms with Crippen molar-refractivity contribution in [2.75, 3.05) is 34.2 Å². The van der Waals surface area contributed by atoms with Gasteiger partial charge in [-0.15, -0.1) is 24.0 Å². The topological polar surface area (TPSA) is 47.9 Å². The monoisotopic (exact) mass is 510 g/mol. The molecule has 0 saturated carbocycles. The van der Waals surface area contributed by atoms with Gasteiger partial charge in [0.2, 0.25) is 5.91 Å². The highest BCUT2D eigenvalue weighted by molar-refractivity contribution is 14.0. The summed E-state index contributed by atoms with van der Waals surface area (Å²) in [7, 11) is 5.47. The molecule has 136 valence electrons. The first-order valence-corrected chi connectivity index (χ1v) is 8.68. The van der Waals surface area contributed by atoms with Gasteiger partial charge in [0.15, 0.2) is 5.96 Å². The Morgan fingerprint density at radius 2 is 1.92 bits per heavy atom. The highest BCUT2D eigenvalue weighted by atomic mass is 127. The standard InChI is InChI=1S/C17H27BrN4O.HI/c1-5-6-11-19-17(20-12-16(23)21(2)3)22(4)13-14-9-7-8-10-15(14)18;/h7-10H,5-6,11-13H2,1-4H3,(H,19,20);1H. The normalized spacial score (nSPS) is 10.8. The second-order valence-electron chi connectivity index (χ2n) is 5.66. The zero-order chi connectivity index (χ0) is 17.2. The van der Waals surface area contributed by atoms with Gasteiger partial charge in [-0.1, -0.05) is 47.5 Å². The third-order valence-corrected chi connectivity index (χ3v) is 4.18. The van der Waals surface area contributed by atoms with E-state index in [9.17, 15) is 4.79 Å². The van der Waals surface area contributed by atoms with Crippen LogP contribution >= 0.6 is 39.9 Å². The van der Waals surface area contributed by atoms with E-state index in [1.807, 2.05) is 30.1 Å². The number of nitrogens with zero attached hydrogens (tertiary/aromatic N) is 3. The lowest BCUT2D eigenvalue weighted by atomic mass is 10.2. The van der Waals surface area contributed by atoms with Crippen LogP contribution in [0.25, 0.3) is 0 Å². The molecule has 0 spiro atoms.